The Bertz CT molecular complexity index is 1080. The summed E-state index contributed by atoms with van der Waals surface area (Å²) in [7, 11) is 0. The summed E-state index contributed by atoms with van der Waals surface area (Å²) >= 11 is 0. The lowest BCUT2D eigenvalue weighted by atomic mass is 9.99. The summed E-state index contributed by atoms with van der Waals surface area (Å²) in [6, 6.07) is 10.5. The van der Waals surface area contributed by atoms with Gasteiger partial charge in [-0.1, -0.05) is 18.2 Å². The Balaban J connectivity index is 1.25. The van der Waals surface area contributed by atoms with Crippen molar-refractivity contribution in [2.75, 3.05) is 57.9 Å². The number of amides is 1. The first-order valence-electron chi connectivity index (χ1n) is 11.4. The minimum Gasteiger partial charge on any atom is -0.487 e. The van der Waals surface area contributed by atoms with Crippen LogP contribution in [0.2, 0.25) is 0 Å². The van der Waals surface area contributed by atoms with Gasteiger partial charge in [0.05, 0.1) is 25.4 Å². The molecule has 0 aromatic heterocycles. The molecule has 0 saturated carbocycles. The predicted molar refractivity (Wildman–Crippen MR) is 123 cm³/mol. The molecule has 7 nitrogen and oxygen atoms in total. The first-order valence-corrected chi connectivity index (χ1v) is 11.4. The zero-order chi connectivity index (χ0) is 22.8. The number of halogens is 1. The molecule has 0 spiro atoms. The van der Waals surface area contributed by atoms with Gasteiger partial charge in [-0.2, -0.15) is 0 Å². The average molecular weight is 454 g/mol. The van der Waals surface area contributed by atoms with E-state index in [9.17, 15) is 9.18 Å². The zero-order valence-electron chi connectivity index (χ0n) is 18.5. The van der Waals surface area contributed by atoms with Gasteiger partial charge in [0.25, 0.3) is 5.91 Å². The van der Waals surface area contributed by atoms with Crippen LogP contribution in [0.25, 0.3) is 11.3 Å². The van der Waals surface area contributed by atoms with Crippen LogP contribution < -0.4 is 5.32 Å². The monoisotopic (exact) mass is 453 g/mol. The van der Waals surface area contributed by atoms with E-state index < -0.39 is 0 Å². The Labute approximate surface area is 192 Å². The van der Waals surface area contributed by atoms with Crippen LogP contribution in [0.3, 0.4) is 0 Å². The number of rotatable bonds is 7. The van der Waals surface area contributed by atoms with E-state index in [1.807, 2.05) is 6.07 Å². The number of aliphatic hydroxyl groups is 1. The number of nitrogens with zero attached hydrogens (tertiary/aromatic N) is 2. The molecule has 0 radical (unpaired) electrons. The molecule has 2 aromatic rings. The second kappa shape index (κ2) is 9.61. The van der Waals surface area contributed by atoms with Crippen LogP contribution in [0.5, 0.6) is 0 Å². The molecule has 174 valence electrons. The third-order valence-corrected chi connectivity index (χ3v) is 6.40. The summed E-state index contributed by atoms with van der Waals surface area (Å²) in [4.78, 5) is 17.4. The number of piperazine rings is 1. The van der Waals surface area contributed by atoms with Gasteiger partial charge in [0.1, 0.15) is 18.2 Å². The molecule has 0 aliphatic carbocycles. The highest BCUT2D eigenvalue weighted by molar-refractivity contribution is 6.36. The van der Waals surface area contributed by atoms with Crippen molar-refractivity contribution in [2.45, 2.75) is 13.2 Å². The molecule has 2 N–H and O–H groups in total. The van der Waals surface area contributed by atoms with Gasteiger partial charge in [-0.15, -0.1) is 0 Å². The molecule has 2 aromatic carbocycles. The molecule has 5 rings (SSSR count). The molecule has 3 aliphatic rings. The van der Waals surface area contributed by atoms with E-state index in [1.165, 1.54) is 17.7 Å². The number of hydrogen-bond acceptors (Lipinski definition) is 6. The van der Waals surface area contributed by atoms with Crippen molar-refractivity contribution in [2.24, 2.45) is 0 Å². The van der Waals surface area contributed by atoms with Gasteiger partial charge in [-0.3, -0.25) is 14.6 Å². The van der Waals surface area contributed by atoms with Crippen LogP contribution in [0.15, 0.2) is 36.4 Å². The van der Waals surface area contributed by atoms with E-state index in [0.29, 0.717) is 42.4 Å². The maximum Gasteiger partial charge on any atom is 0.260 e. The lowest BCUT2D eigenvalue weighted by Gasteiger charge is -2.34. The molecule has 1 amide bonds. The highest BCUT2D eigenvalue weighted by Crippen LogP contribution is 2.42. The maximum atomic E-state index is 13.8. The van der Waals surface area contributed by atoms with Crippen molar-refractivity contribution >= 4 is 22.9 Å². The van der Waals surface area contributed by atoms with E-state index in [0.717, 1.165) is 50.4 Å². The Morgan fingerprint density at radius 1 is 1.03 bits per heavy atom. The van der Waals surface area contributed by atoms with Crippen LogP contribution >= 0.6 is 0 Å². The highest BCUT2D eigenvalue weighted by atomic mass is 19.1. The Morgan fingerprint density at radius 2 is 1.85 bits per heavy atom. The fourth-order valence-electron chi connectivity index (χ4n) is 4.68. The smallest absolute Gasteiger partial charge is 0.260 e. The van der Waals surface area contributed by atoms with E-state index >= 15 is 0 Å². The van der Waals surface area contributed by atoms with Gasteiger partial charge < -0.3 is 19.9 Å². The van der Waals surface area contributed by atoms with Crippen molar-refractivity contribution in [3.05, 3.63) is 64.5 Å². The molecule has 1 fully saturated rings. The first-order chi connectivity index (χ1) is 16.1. The van der Waals surface area contributed by atoms with Gasteiger partial charge in [0.15, 0.2) is 0 Å². The SMILES string of the molecule is O=C1Nc2ccc(F)cc2/C1=C1\OCc2cc(CN3CCN(CCOCCO)CC3)ccc21. The second-order valence-electron chi connectivity index (χ2n) is 8.58. The van der Waals surface area contributed by atoms with E-state index in [-0.39, 0.29) is 18.3 Å². The number of benzene rings is 2. The molecule has 33 heavy (non-hydrogen) atoms. The van der Waals surface area contributed by atoms with E-state index in [4.69, 9.17) is 14.6 Å². The summed E-state index contributed by atoms with van der Waals surface area (Å²) in [6.45, 7) is 7.25. The Hall–Kier alpha value is -2.78. The Morgan fingerprint density at radius 3 is 2.67 bits per heavy atom. The molecule has 3 aliphatic heterocycles. The summed E-state index contributed by atoms with van der Waals surface area (Å²) in [5.41, 5.74) is 4.71. The number of anilines is 1. The summed E-state index contributed by atoms with van der Waals surface area (Å²) in [6.07, 6.45) is 0. The molecular weight excluding hydrogens is 425 g/mol. The number of carbonyl (C=O) groups excluding carboxylic acids is 1. The van der Waals surface area contributed by atoms with Gasteiger partial charge in [-0.25, -0.2) is 4.39 Å². The molecule has 3 heterocycles. The minimum absolute atomic E-state index is 0.0667. The van der Waals surface area contributed by atoms with Crippen molar-refractivity contribution in [3.63, 3.8) is 0 Å². The summed E-state index contributed by atoms with van der Waals surface area (Å²) in [5.74, 6) is -0.118. The van der Waals surface area contributed by atoms with Gasteiger partial charge in [0.2, 0.25) is 0 Å². The zero-order valence-corrected chi connectivity index (χ0v) is 18.5. The van der Waals surface area contributed by atoms with Crippen LogP contribution in [-0.2, 0) is 27.4 Å². The van der Waals surface area contributed by atoms with Gasteiger partial charge in [0, 0.05) is 61.6 Å². The number of carbonyl (C=O) groups is 1. The quantitative estimate of drug-likeness (QED) is 0.495. The number of ether oxygens (including phenoxy) is 2. The van der Waals surface area contributed by atoms with Crippen molar-refractivity contribution in [1.82, 2.24) is 9.80 Å². The largest absolute Gasteiger partial charge is 0.487 e. The minimum atomic E-state index is -0.380. The fourth-order valence-corrected chi connectivity index (χ4v) is 4.68. The van der Waals surface area contributed by atoms with Gasteiger partial charge in [-0.05, 0) is 23.8 Å². The normalized spacial score (nSPS) is 20.5. The molecule has 8 heteroatoms. The van der Waals surface area contributed by atoms with E-state index in [1.54, 1.807) is 6.07 Å². The number of fused-ring (bicyclic) bond motifs is 2. The second-order valence-corrected chi connectivity index (χ2v) is 8.58. The average Bonchev–Trinajstić information content (AvgIpc) is 3.36. The first kappa shape index (κ1) is 22.0. The Kier molecular flexibility index (Phi) is 6.41. The van der Waals surface area contributed by atoms with Crippen LogP contribution in [0, 0.1) is 5.82 Å². The fraction of sp³-hybridized carbons (Fsp3) is 0.400. The summed E-state index contributed by atoms with van der Waals surface area (Å²) in [5, 5.41) is 11.6. The van der Waals surface area contributed by atoms with Crippen LogP contribution in [0.1, 0.15) is 22.3 Å². The van der Waals surface area contributed by atoms with Gasteiger partial charge >= 0.3 is 0 Å². The van der Waals surface area contributed by atoms with Crippen molar-refractivity contribution in [1.29, 1.82) is 0 Å². The third-order valence-electron chi connectivity index (χ3n) is 6.40. The number of hydrogen-bond donors (Lipinski definition) is 2. The van der Waals surface area contributed by atoms with E-state index in [2.05, 4.69) is 27.2 Å². The molecule has 0 unspecified atom stereocenters. The van der Waals surface area contributed by atoms with Crippen LogP contribution in [-0.4, -0.2) is 73.4 Å². The maximum absolute atomic E-state index is 13.8. The topological polar surface area (TPSA) is 74.3 Å². The third kappa shape index (κ3) is 4.65. The molecule has 0 bridgehead atoms. The summed E-state index contributed by atoms with van der Waals surface area (Å²) < 4.78 is 25.1. The lowest BCUT2D eigenvalue weighted by molar-refractivity contribution is -0.110. The highest BCUT2D eigenvalue weighted by Gasteiger charge is 2.33. The van der Waals surface area contributed by atoms with Crippen molar-refractivity contribution in [3.8, 4) is 0 Å². The predicted octanol–water partition coefficient (Wildman–Crippen LogP) is 2.30. The lowest BCUT2D eigenvalue weighted by Crippen LogP contribution is -2.46. The number of nitrogens with one attached hydrogen (secondary N) is 1. The molecule has 1 saturated heterocycles. The number of aliphatic hydroxyl groups excluding tert-OH is 1. The molecular formula is C25H28FN3O4. The molecule has 0 atom stereocenters. The standard InChI is InChI=1S/C25H28FN3O4/c26-19-2-4-22-21(14-19)23(25(31)27-22)24-20-3-1-17(13-18(20)16-33-24)15-29-7-5-28(6-8-29)9-11-32-12-10-30/h1-4,13-14,30H,5-12,15-16H2,(H,27,31)/b24-23+. The van der Waals surface area contributed by atoms with Crippen LogP contribution in [0.4, 0.5) is 10.1 Å². The van der Waals surface area contributed by atoms with Crippen molar-refractivity contribution < 1.29 is 23.8 Å².